The highest BCUT2D eigenvalue weighted by molar-refractivity contribution is 9.10. The van der Waals surface area contributed by atoms with E-state index >= 15 is 0 Å². The van der Waals surface area contributed by atoms with Crippen LogP contribution < -0.4 is 5.32 Å². The van der Waals surface area contributed by atoms with Gasteiger partial charge in [0, 0.05) is 10.7 Å². The van der Waals surface area contributed by atoms with E-state index in [2.05, 4.69) is 21.2 Å². The van der Waals surface area contributed by atoms with E-state index in [1.165, 1.54) is 6.26 Å². The summed E-state index contributed by atoms with van der Waals surface area (Å²) in [5.41, 5.74) is 1.44. The fourth-order valence-corrected chi connectivity index (χ4v) is 3.35. The SMILES string of the molecule is CC[C@H](NC(=O)c1ccccc1Br)c1ccc(S(C)(=O)=O)cc1. The Balaban J connectivity index is 2.20. The Kier molecular flexibility index (Phi) is 5.59. The quantitative estimate of drug-likeness (QED) is 0.838. The van der Waals surface area contributed by atoms with Gasteiger partial charge in [0.1, 0.15) is 0 Å². The average molecular weight is 396 g/mol. The van der Waals surface area contributed by atoms with Crippen LogP contribution in [0.5, 0.6) is 0 Å². The van der Waals surface area contributed by atoms with Crippen molar-refractivity contribution in [1.82, 2.24) is 5.32 Å². The van der Waals surface area contributed by atoms with Crippen LogP contribution in [-0.4, -0.2) is 20.6 Å². The summed E-state index contributed by atoms with van der Waals surface area (Å²) in [4.78, 5) is 12.7. The third kappa shape index (κ3) is 4.42. The molecular formula is C17H18BrNO3S. The second kappa shape index (κ2) is 7.27. The molecule has 1 atom stereocenters. The summed E-state index contributed by atoms with van der Waals surface area (Å²) in [6, 6.07) is 13.7. The predicted octanol–water partition coefficient (Wildman–Crippen LogP) is 3.73. The van der Waals surface area contributed by atoms with Gasteiger partial charge in [-0.05, 0) is 52.2 Å². The molecule has 0 aliphatic carbocycles. The highest BCUT2D eigenvalue weighted by atomic mass is 79.9. The average Bonchev–Trinajstić information content (AvgIpc) is 2.52. The molecule has 0 saturated heterocycles. The molecule has 0 fully saturated rings. The largest absolute Gasteiger partial charge is 0.345 e. The molecule has 1 N–H and O–H groups in total. The number of halogens is 1. The first-order valence-corrected chi connectivity index (χ1v) is 9.86. The van der Waals surface area contributed by atoms with Crippen molar-refractivity contribution in [2.45, 2.75) is 24.3 Å². The van der Waals surface area contributed by atoms with E-state index in [9.17, 15) is 13.2 Å². The summed E-state index contributed by atoms with van der Waals surface area (Å²) in [7, 11) is -3.22. The molecular weight excluding hydrogens is 378 g/mol. The van der Waals surface area contributed by atoms with Gasteiger partial charge in [0.25, 0.3) is 5.91 Å². The summed E-state index contributed by atoms with van der Waals surface area (Å²) in [5.74, 6) is -0.170. The Labute approximate surface area is 145 Å². The lowest BCUT2D eigenvalue weighted by Crippen LogP contribution is -2.28. The second-order valence-corrected chi connectivity index (χ2v) is 8.13. The van der Waals surface area contributed by atoms with Crippen LogP contribution in [0, 0.1) is 0 Å². The first-order valence-electron chi connectivity index (χ1n) is 7.18. The van der Waals surface area contributed by atoms with Crippen molar-refractivity contribution in [1.29, 1.82) is 0 Å². The van der Waals surface area contributed by atoms with Crippen molar-refractivity contribution in [2.24, 2.45) is 0 Å². The molecule has 0 aliphatic rings. The summed E-state index contributed by atoms with van der Waals surface area (Å²) < 4.78 is 23.8. The van der Waals surface area contributed by atoms with Gasteiger partial charge in [-0.25, -0.2) is 8.42 Å². The molecule has 2 aromatic carbocycles. The smallest absolute Gasteiger partial charge is 0.252 e. The molecule has 0 spiro atoms. The molecule has 0 saturated carbocycles. The molecule has 0 heterocycles. The van der Waals surface area contributed by atoms with Crippen LogP contribution in [0.25, 0.3) is 0 Å². The molecule has 0 aromatic heterocycles. The lowest BCUT2D eigenvalue weighted by atomic mass is 10.0. The third-order valence-corrected chi connectivity index (χ3v) is 5.36. The number of carbonyl (C=O) groups excluding carboxylic acids is 1. The number of hydrogen-bond donors (Lipinski definition) is 1. The molecule has 6 heteroatoms. The summed E-state index contributed by atoms with van der Waals surface area (Å²) >= 11 is 3.37. The van der Waals surface area contributed by atoms with E-state index in [1.54, 1.807) is 30.3 Å². The minimum Gasteiger partial charge on any atom is -0.345 e. The zero-order chi connectivity index (χ0) is 17.0. The standard InChI is InChI=1S/C17H18BrNO3S/c1-3-16(12-8-10-13(11-9-12)23(2,21)22)19-17(20)14-6-4-5-7-15(14)18/h4-11,16H,3H2,1-2H3,(H,19,20)/t16-/m0/s1. The van der Waals surface area contributed by atoms with Gasteiger partial charge < -0.3 is 5.32 Å². The molecule has 2 rings (SSSR count). The fraction of sp³-hybridized carbons (Fsp3) is 0.235. The van der Waals surface area contributed by atoms with Crippen molar-refractivity contribution < 1.29 is 13.2 Å². The zero-order valence-corrected chi connectivity index (χ0v) is 15.3. The number of sulfone groups is 1. The van der Waals surface area contributed by atoms with E-state index < -0.39 is 9.84 Å². The van der Waals surface area contributed by atoms with Crippen LogP contribution in [0.3, 0.4) is 0 Å². The molecule has 0 aliphatic heterocycles. The molecule has 1 amide bonds. The van der Waals surface area contributed by atoms with E-state index in [0.717, 1.165) is 10.0 Å². The van der Waals surface area contributed by atoms with Crippen LogP contribution in [0.15, 0.2) is 57.9 Å². The Bertz CT molecular complexity index is 801. The first kappa shape index (κ1) is 17.7. The van der Waals surface area contributed by atoms with E-state index in [4.69, 9.17) is 0 Å². The van der Waals surface area contributed by atoms with Gasteiger partial charge in [-0.2, -0.15) is 0 Å². The maximum Gasteiger partial charge on any atom is 0.252 e. The Hall–Kier alpha value is -1.66. The Morgan fingerprint density at radius 3 is 2.26 bits per heavy atom. The van der Waals surface area contributed by atoms with Crippen molar-refractivity contribution in [3.63, 3.8) is 0 Å². The molecule has 0 unspecified atom stereocenters. The number of rotatable bonds is 5. The number of carbonyl (C=O) groups is 1. The molecule has 0 bridgehead atoms. The lowest BCUT2D eigenvalue weighted by molar-refractivity contribution is 0.0934. The van der Waals surface area contributed by atoms with Crippen LogP contribution in [0.4, 0.5) is 0 Å². The number of nitrogens with one attached hydrogen (secondary N) is 1. The Morgan fingerprint density at radius 1 is 1.13 bits per heavy atom. The Morgan fingerprint density at radius 2 is 1.74 bits per heavy atom. The van der Waals surface area contributed by atoms with Crippen molar-refractivity contribution in [2.75, 3.05) is 6.26 Å². The van der Waals surface area contributed by atoms with Crippen molar-refractivity contribution in [3.05, 3.63) is 64.1 Å². The van der Waals surface area contributed by atoms with Crippen LogP contribution >= 0.6 is 15.9 Å². The topological polar surface area (TPSA) is 63.2 Å². The lowest BCUT2D eigenvalue weighted by Gasteiger charge is -2.18. The zero-order valence-electron chi connectivity index (χ0n) is 12.9. The number of hydrogen-bond acceptors (Lipinski definition) is 3. The molecule has 2 aromatic rings. The summed E-state index contributed by atoms with van der Waals surface area (Å²) in [6.07, 6.45) is 1.88. The normalized spacial score (nSPS) is 12.7. The minimum atomic E-state index is -3.22. The van der Waals surface area contributed by atoms with Crippen LogP contribution in [-0.2, 0) is 9.84 Å². The highest BCUT2D eigenvalue weighted by Crippen LogP contribution is 2.21. The maximum atomic E-state index is 12.4. The monoisotopic (exact) mass is 395 g/mol. The molecule has 23 heavy (non-hydrogen) atoms. The van der Waals surface area contributed by atoms with E-state index in [0.29, 0.717) is 12.0 Å². The molecule has 0 radical (unpaired) electrons. The predicted molar refractivity (Wildman–Crippen MR) is 94.2 cm³/mol. The first-order chi connectivity index (χ1) is 10.8. The third-order valence-electron chi connectivity index (χ3n) is 3.54. The number of amides is 1. The van der Waals surface area contributed by atoms with Gasteiger partial charge in [-0.15, -0.1) is 0 Å². The molecule has 122 valence electrons. The van der Waals surface area contributed by atoms with Gasteiger partial charge in [0.05, 0.1) is 16.5 Å². The van der Waals surface area contributed by atoms with Gasteiger partial charge in [0.15, 0.2) is 9.84 Å². The van der Waals surface area contributed by atoms with E-state index in [-0.39, 0.29) is 16.8 Å². The van der Waals surface area contributed by atoms with Crippen molar-refractivity contribution >= 4 is 31.7 Å². The maximum absolute atomic E-state index is 12.4. The van der Waals surface area contributed by atoms with E-state index in [1.807, 2.05) is 25.1 Å². The summed E-state index contributed by atoms with van der Waals surface area (Å²) in [5, 5.41) is 2.98. The molecule has 4 nitrogen and oxygen atoms in total. The minimum absolute atomic E-state index is 0.170. The summed E-state index contributed by atoms with van der Waals surface area (Å²) in [6.45, 7) is 1.97. The van der Waals surface area contributed by atoms with Crippen LogP contribution in [0.2, 0.25) is 0 Å². The van der Waals surface area contributed by atoms with Gasteiger partial charge in [-0.1, -0.05) is 31.2 Å². The van der Waals surface area contributed by atoms with Gasteiger partial charge in [-0.3, -0.25) is 4.79 Å². The second-order valence-electron chi connectivity index (χ2n) is 5.26. The highest BCUT2D eigenvalue weighted by Gasteiger charge is 2.16. The fourth-order valence-electron chi connectivity index (χ4n) is 2.25. The van der Waals surface area contributed by atoms with Crippen LogP contribution in [0.1, 0.15) is 35.3 Å². The van der Waals surface area contributed by atoms with Gasteiger partial charge in [0.2, 0.25) is 0 Å². The van der Waals surface area contributed by atoms with Crippen molar-refractivity contribution in [3.8, 4) is 0 Å². The number of benzene rings is 2. The van der Waals surface area contributed by atoms with Gasteiger partial charge >= 0.3 is 0 Å².